The van der Waals surface area contributed by atoms with Gasteiger partial charge in [0.05, 0.1) is 4.88 Å². The molecule has 2 N–H and O–H groups in total. The Kier molecular flexibility index (Phi) is 5.67. The normalized spacial score (nSPS) is 11.6. The largest absolute Gasteiger partial charge is 0.454 e. The molecule has 140 valence electrons. The van der Waals surface area contributed by atoms with Crippen molar-refractivity contribution in [1.29, 1.82) is 0 Å². The van der Waals surface area contributed by atoms with Crippen LogP contribution < -0.4 is 20.1 Å². The summed E-state index contributed by atoms with van der Waals surface area (Å²) in [5.74, 6) is -1.68. The molecule has 9 nitrogen and oxygen atoms in total. The van der Waals surface area contributed by atoms with Gasteiger partial charge in [0.25, 0.3) is 17.7 Å². The molecule has 27 heavy (non-hydrogen) atoms. The van der Waals surface area contributed by atoms with Gasteiger partial charge in [0.2, 0.25) is 6.79 Å². The number of hydrogen-bond donors (Lipinski definition) is 2. The highest BCUT2D eigenvalue weighted by atomic mass is 32.1. The molecule has 0 bridgehead atoms. The van der Waals surface area contributed by atoms with Crippen LogP contribution >= 0.6 is 11.3 Å². The molecule has 0 saturated carbocycles. The molecule has 0 unspecified atom stereocenters. The van der Waals surface area contributed by atoms with Crippen LogP contribution in [0.15, 0.2) is 35.7 Å². The number of benzene rings is 1. The predicted octanol–water partition coefficient (Wildman–Crippen LogP) is 0.706. The molecule has 2 aromatic rings. The summed E-state index contributed by atoms with van der Waals surface area (Å²) in [7, 11) is 0. The summed E-state index contributed by atoms with van der Waals surface area (Å²) in [4.78, 5) is 47.3. The highest BCUT2D eigenvalue weighted by Crippen LogP contribution is 2.32. The molecule has 3 amide bonds. The van der Waals surface area contributed by atoms with Crippen LogP contribution in [-0.2, 0) is 14.3 Å². The summed E-state index contributed by atoms with van der Waals surface area (Å²) in [6.07, 6.45) is 0. The Balaban J connectivity index is 1.39. The van der Waals surface area contributed by atoms with E-state index in [9.17, 15) is 19.2 Å². The van der Waals surface area contributed by atoms with Crippen molar-refractivity contribution in [2.45, 2.75) is 0 Å². The third-order valence-corrected chi connectivity index (χ3v) is 4.26. The minimum Gasteiger partial charge on any atom is -0.454 e. The van der Waals surface area contributed by atoms with Gasteiger partial charge in [0.1, 0.15) is 6.54 Å². The van der Waals surface area contributed by atoms with Crippen LogP contribution in [0.4, 0.5) is 0 Å². The van der Waals surface area contributed by atoms with E-state index in [-0.39, 0.29) is 12.4 Å². The molecule has 0 atom stereocenters. The lowest BCUT2D eigenvalue weighted by molar-refractivity contribution is -0.147. The second-order valence-electron chi connectivity index (χ2n) is 5.27. The Hall–Kier alpha value is -3.40. The van der Waals surface area contributed by atoms with Crippen LogP contribution in [0.1, 0.15) is 20.0 Å². The minimum atomic E-state index is -0.817. The molecule has 0 saturated heterocycles. The van der Waals surface area contributed by atoms with Gasteiger partial charge >= 0.3 is 5.97 Å². The lowest BCUT2D eigenvalue weighted by Crippen LogP contribution is -2.36. The van der Waals surface area contributed by atoms with Gasteiger partial charge in [-0.1, -0.05) is 6.07 Å². The van der Waals surface area contributed by atoms with Gasteiger partial charge in [-0.3, -0.25) is 24.5 Å². The minimum absolute atomic E-state index is 0.0871. The average molecular weight is 390 g/mol. The lowest BCUT2D eigenvalue weighted by atomic mass is 10.2. The first-order valence-corrected chi connectivity index (χ1v) is 8.62. The number of esters is 1. The molecule has 2 heterocycles. The standard InChI is InChI=1S/C17H14N2O7S/c20-14(19-17(23)13-2-1-5-27-13)8-24-15(21)7-18-16(22)10-3-4-11-12(6-10)26-9-25-11/h1-6H,7-9H2,(H,18,22)(H,19,20,23). The van der Waals surface area contributed by atoms with E-state index in [0.29, 0.717) is 16.4 Å². The van der Waals surface area contributed by atoms with Crippen molar-refractivity contribution in [1.82, 2.24) is 10.6 Å². The van der Waals surface area contributed by atoms with Crippen molar-refractivity contribution in [2.24, 2.45) is 0 Å². The molecule has 1 aromatic heterocycles. The summed E-state index contributed by atoms with van der Waals surface area (Å²) < 4.78 is 15.0. The highest BCUT2D eigenvalue weighted by Gasteiger charge is 2.17. The van der Waals surface area contributed by atoms with Crippen molar-refractivity contribution in [2.75, 3.05) is 19.9 Å². The van der Waals surface area contributed by atoms with E-state index in [1.165, 1.54) is 23.5 Å². The quantitative estimate of drug-likeness (QED) is 0.697. The fraction of sp³-hybridized carbons (Fsp3) is 0.176. The molecule has 1 aliphatic heterocycles. The van der Waals surface area contributed by atoms with Crippen molar-refractivity contribution >= 4 is 35.0 Å². The summed E-state index contributed by atoms with van der Waals surface area (Å²) >= 11 is 1.18. The Labute approximate surface area is 157 Å². The molecule has 0 radical (unpaired) electrons. The number of fused-ring (bicyclic) bond motifs is 1. The van der Waals surface area contributed by atoms with E-state index in [4.69, 9.17) is 14.2 Å². The van der Waals surface area contributed by atoms with E-state index < -0.39 is 36.8 Å². The van der Waals surface area contributed by atoms with Crippen LogP contribution in [0.3, 0.4) is 0 Å². The number of nitrogens with one attached hydrogen (secondary N) is 2. The van der Waals surface area contributed by atoms with Gasteiger partial charge in [-0.25, -0.2) is 0 Å². The van der Waals surface area contributed by atoms with Crippen molar-refractivity contribution in [3.63, 3.8) is 0 Å². The molecule has 0 fully saturated rings. The number of ether oxygens (including phenoxy) is 3. The van der Waals surface area contributed by atoms with Crippen LogP contribution in [-0.4, -0.2) is 43.6 Å². The average Bonchev–Trinajstić information content (AvgIpc) is 3.35. The number of hydrogen-bond acceptors (Lipinski definition) is 8. The summed E-state index contributed by atoms with van der Waals surface area (Å²) in [6.45, 7) is -0.973. The first-order chi connectivity index (χ1) is 13.0. The number of thiophene rings is 1. The molecule has 1 aliphatic rings. The zero-order chi connectivity index (χ0) is 19.2. The van der Waals surface area contributed by atoms with Crippen molar-refractivity contribution < 1.29 is 33.4 Å². The summed E-state index contributed by atoms with van der Waals surface area (Å²) in [5, 5.41) is 6.16. The molecular weight excluding hydrogens is 376 g/mol. The number of imide groups is 1. The molecule has 3 rings (SSSR count). The lowest BCUT2D eigenvalue weighted by Gasteiger charge is -2.07. The molecule has 0 spiro atoms. The van der Waals surface area contributed by atoms with Gasteiger partial charge in [-0.05, 0) is 29.6 Å². The van der Waals surface area contributed by atoms with E-state index in [2.05, 4.69) is 10.6 Å². The number of amides is 3. The monoisotopic (exact) mass is 390 g/mol. The first kappa shape index (κ1) is 18.4. The number of carbonyl (C=O) groups is 4. The van der Waals surface area contributed by atoms with Gasteiger partial charge in [0.15, 0.2) is 18.1 Å². The maximum Gasteiger partial charge on any atom is 0.325 e. The van der Waals surface area contributed by atoms with Crippen LogP contribution in [0.25, 0.3) is 0 Å². The maximum absolute atomic E-state index is 12.0. The Bertz CT molecular complexity index is 879. The molecular formula is C17H14N2O7S. The van der Waals surface area contributed by atoms with Gasteiger partial charge in [0, 0.05) is 5.56 Å². The van der Waals surface area contributed by atoms with E-state index in [0.717, 1.165) is 0 Å². The van der Waals surface area contributed by atoms with E-state index in [1.54, 1.807) is 23.6 Å². The zero-order valence-corrected chi connectivity index (χ0v) is 14.7. The second kappa shape index (κ2) is 8.32. The van der Waals surface area contributed by atoms with Crippen molar-refractivity contribution in [3.05, 3.63) is 46.2 Å². The Morgan fingerprint density at radius 1 is 1.07 bits per heavy atom. The van der Waals surface area contributed by atoms with Crippen LogP contribution in [0.5, 0.6) is 11.5 Å². The fourth-order valence-corrected chi connectivity index (χ4v) is 2.74. The summed E-state index contributed by atoms with van der Waals surface area (Å²) in [5.41, 5.74) is 0.284. The summed E-state index contributed by atoms with van der Waals surface area (Å²) in [6, 6.07) is 7.84. The predicted molar refractivity (Wildman–Crippen MR) is 92.6 cm³/mol. The third kappa shape index (κ3) is 4.82. The maximum atomic E-state index is 12.0. The highest BCUT2D eigenvalue weighted by molar-refractivity contribution is 7.12. The van der Waals surface area contributed by atoms with Gasteiger partial charge in [-0.2, -0.15) is 0 Å². The number of carbonyl (C=O) groups excluding carboxylic acids is 4. The van der Waals surface area contributed by atoms with Crippen LogP contribution in [0.2, 0.25) is 0 Å². The topological polar surface area (TPSA) is 120 Å². The van der Waals surface area contributed by atoms with Crippen molar-refractivity contribution in [3.8, 4) is 11.5 Å². The Morgan fingerprint density at radius 2 is 1.89 bits per heavy atom. The van der Waals surface area contributed by atoms with Gasteiger partial charge < -0.3 is 19.5 Å². The van der Waals surface area contributed by atoms with E-state index >= 15 is 0 Å². The molecule has 1 aromatic carbocycles. The zero-order valence-electron chi connectivity index (χ0n) is 13.9. The molecule has 10 heteroatoms. The van der Waals surface area contributed by atoms with Gasteiger partial charge in [-0.15, -0.1) is 11.3 Å². The first-order valence-electron chi connectivity index (χ1n) is 7.74. The number of rotatable bonds is 6. The van der Waals surface area contributed by atoms with Crippen LogP contribution in [0, 0.1) is 0 Å². The fourth-order valence-electron chi connectivity index (χ4n) is 2.12. The third-order valence-electron chi connectivity index (χ3n) is 3.39. The Morgan fingerprint density at radius 3 is 2.67 bits per heavy atom. The molecule has 0 aliphatic carbocycles. The second-order valence-corrected chi connectivity index (χ2v) is 6.21. The SMILES string of the molecule is O=C(COC(=O)CNC(=O)c1ccc2c(c1)OCO2)NC(=O)c1cccs1. The van der Waals surface area contributed by atoms with E-state index in [1.807, 2.05) is 0 Å². The smallest absolute Gasteiger partial charge is 0.325 e.